The van der Waals surface area contributed by atoms with E-state index in [9.17, 15) is 9.59 Å². The number of ketones is 1. The summed E-state index contributed by atoms with van der Waals surface area (Å²) in [6.07, 6.45) is 4.46. The number of aryl methyl sites for hydroxylation is 4. The highest BCUT2D eigenvalue weighted by atomic mass is 16.6. The molecule has 0 saturated heterocycles. The molecule has 0 unspecified atom stereocenters. The quantitative estimate of drug-likeness (QED) is 0.583. The van der Waals surface area contributed by atoms with Gasteiger partial charge in [-0.15, -0.1) is 0 Å². The van der Waals surface area contributed by atoms with Crippen molar-refractivity contribution in [3.63, 3.8) is 0 Å². The molecule has 0 aliphatic heterocycles. The van der Waals surface area contributed by atoms with Crippen molar-refractivity contribution in [2.45, 2.75) is 39.5 Å². The maximum atomic E-state index is 12.3. The van der Waals surface area contributed by atoms with E-state index < -0.39 is 5.97 Å². The number of carbonyl (C=O) groups is 2. The monoisotopic (exact) mass is 352 g/mol. The van der Waals surface area contributed by atoms with Crippen LogP contribution < -0.4 is 4.74 Å². The number of rotatable bonds is 6. The standard InChI is InChI=1S/C22H24O4/c1-15-9-16(2)11-20(10-15)25-14-22(24)26-13-21(23)19-8-7-17-5-3-4-6-18(17)12-19/h7-12H,3-6,13-14H2,1-2H3. The Morgan fingerprint density at radius 3 is 2.31 bits per heavy atom. The molecule has 0 radical (unpaired) electrons. The number of fused-ring (bicyclic) bond motifs is 1. The van der Waals surface area contributed by atoms with Crippen LogP contribution in [-0.2, 0) is 22.4 Å². The van der Waals surface area contributed by atoms with Crippen LogP contribution in [0.4, 0.5) is 0 Å². The minimum absolute atomic E-state index is 0.182. The van der Waals surface area contributed by atoms with E-state index in [1.54, 1.807) is 0 Å². The summed E-state index contributed by atoms with van der Waals surface area (Å²) in [4.78, 5) is 24.1. The summed E-state index contributed by atoms with van der Waals surface area (Å²) in [5.74, 6) is -0.103. The van der Waals surface area contributed by atoms with E-state index in [-0.39, 0.29) is 19.0 Å². The molecule has 0 fully saturated rings. The Bertz CT molecular complexity index is 803. The van der Waals surface area contributed by atoms with Gasteiger partial charge in [0, 0.05) is 5.56 Å². The molecule has 2 aromatic rings. The first kappa shape index (κ1) is 18.2. The Hall–Kier alpha value is -2.62. The van der Waals surface area contributed by atoms with Crippen LogP contribution in [0.5, 0.6) is 5.75 Å². The Morgan fingerprint density at radius 2 is 1.58 bits per heavy atom. The first-order valence-electron chi connectivity index (χ1n) is 9.03. The summed E-state index contributed by atoms with van der Waals surface area (Å²) >= 11 is 0. The number of hydrogen-bond donors (Lipinski definition) is 0. The zero-order valence-electron chi connectivity index (χ0n) is 15.3. The predicted molar refractivity (Wildman–Crippen MR) is 99.8 cm³/mol. The fourth-order valence-corrected chi connectivity index (χ4v) is 3.34. The van der Waals surface area contributed by atoms with Gasteiger partial charge in [-0.25, -0.2) is 4.79 Å². The fourth-order valence-electron chi connectivity index (χ4n) is 3.34. The molecule has 4 nitrogen and oxygen atoms in total. The topological polar surface area (TPSA) is 52.6 Å². The molecule has 0 bridgehead atoms. The molecule has 1 aliphatic rings. The van der Waals surface area contributed by atoms with Crippen molar-refractivity contribution >= 4 is 11.8 Å². The van der Waals surface area contributed by atoms with Gasteiger partial charge in [0.2, 0.25) is 0 Å². The zero-order valence-corrected chi connectivity index (χ0v) is 15.3. The second-order valence-corrected chi connectivity index (χ2v) is 6.89. The number of esters is 1. The third-order valence-electron chi connectivity index (χ3n) is 4.59. The number of hydrogen-bond acceptors (Lipinski definition) is 4. The number of benzene rings is 2. The molecule has 0 heterocycles. The molecule has 1 aliphatic carbocycles. The fraction of sp³-hybridized carbons (Fsp3) is 0.364. The molecule has 2 aromatic carbocycles. The molecule has 3 rings (SSSR count). The predicted octanol–water partition coefficient (Wildman–Crippen LogP) is 3.99. The molecular formula is C22H24O4. The lowest BCUT2D eigenvalue weighted by atomic mass is 9.90. The number of ether oxygens (including phenoxy) is 2. The summed E-state index contributed by atoms with van der Waals surface area (Å²) in [7, 11) is 0. The van der Waals surface area contributed by atoms with Crippen molar-refractivity contribution in [2.24, 2.45) is 0 Å². The van der Waals surface area contributed by atoms with Gasteiger partial charge < -0.3 is 9.47 Å². The van der Waals surface area contributed by atoms with Crippen LogP contribution in [-0.4, -0.2) is 25.0 Å². The molecule has 0 spiro atoms. The molecule has 0 saturated carbocycles. The largest absolute Gasteiger partial charge is 0.482 e. The number of Topliss-reactive ketones (excluding diaryl/α,β-unsaturated/α-hetero) is 1. The third kappa shape index (κ3) is 4.72. The minimum Gasteiger partial charge on any atom is -0.482 e. The summed E-state index contributed by atoms with van der Waals surface area (Å²) in [5.41, 5.74) is 5.30. The maximum Gasteiger partial charge on any atom is 0.344 e. The highest BCUT2D eigenvalue weighted by Crippen LogP contribution is 2.22. The summed E-state index contributed by atoms with van der Waals surface area (Å²) in [5, 5.41) is 0. The van der Waals surface area contributed by atoms with Crippen LogP contribution >= 0.6 is 0 Å². The van der Waals surface area contributed by atoms with Gasteiger partial charge in [-0.2, -0.15) is 0 Å². The zero-order chi connectivity index (χ0) is 18.5. The van der Waals surface area contributed by atoms with Gasteiger partial charge in [0.25, 0.3) is 0 Å². The lowest BCUT2D eigenvalue weighted by Crippen LogP contribution is -2.20. The molecule has 0 atom stereocenters. The third-order valence-corrected chi connectivity index (χ3v) is 4.59. The summed E-state index contributed by atoms with van der Waals surface area (Å²) in [6.45, 7) is 3.47. The van der Waals surface area contributed by atoms with Gasteiger partial charge in [-0.1, -0.05) is 18.2 Å². The summed E-state index contributed by atoms with van der Waals surface area (Å²) in [6, 6.07) is 11.5. The Balaban J connectivity index is 1.50. The first-order valence-corrected chi connectivity index (χ1v) is 9.03. The van der Waals surface area contributed by atoms with Crippen LogP contribution in [0, 0.1) is 13.8 Å². The van der Waals surface area contributed by atoms with E-state index >= 15 is 0 Å². The highest BCUT2D eigenvalue weighted by molar-refractivity contribution is 5.98. The van der Waals surface area contributed by atoms with Crippen LogP contribution in [0.3, 0.4) is 0 Å². The Labute approximate surface area is 154 Å². The van der Waals surface area contributed by atoms with Crippen molar-refractivity contribution in [3.05, 3.63) is 64.2 Å². The Kier molecular flexibility index (Phi) is 5.71. The van der Waals surface area contributed by atoms with Gasteiger partial charge >= 0.3 is 5.97 Å². The van der Waals surface area contributed by atoms with E-state index in [2.05, 4.69) is 0 Å². The average molecular weight is 352 g/mol. The molecule has 0 amide bonds. The summed E-state index contributed by atoms with van der Waals surface area (Å²) < 4.78 is 10.5. The molecular weight excluding hydrogens is 328 g/mol. The molecule has 0 N–H and O–H groups in total. The van der Waals surface area contributed by atoms with E-state index in [1.807, 2.05) is 50.2 Å². The molecule has 4 heteroatoms. The van der Waals surface area contributed by atoms with E-state index in [0.717, 1.165) is 30.4 Å². The highest BCUT2D eigenvalue weighted by Gasteiger charge is 2.15. The second kappa shape index (κ2) is 8.17. The Morgan fingerprint density at radius 1 is 0.885 bits per heavy atom. The van der Waals surface area contributed by atoms with Crippen LogP contribution in [0.2, 0.25) is 0 Å². The van der Waals surface area contributed by atoms with E-state index in [4.69, 9.17) is 9.47 Å². The van der Waals surface area contributed by atoms with Crippen LogP contribution in [0.1, 0.15) is 45.5 Å². The van der Waals surface area contributed by atoms with E-state index in [1.165, 1.54) is 17.5 Å². The first-order chi connectivity index (χ1) is 12.5. The molecule has 136 valence electrons. The van der Waals surface area contributed by atoms with Gasteiger partial charge in [-0.3, -0.25) is 4.79 Å². The van der Waals surface area contributed by atoms with Gasteiger partial charge in [0.05, 0.1) is 0 Å². The van der Waals surface area contributed by atoms with Crippen LogP contribution in [0.15, 0.2) is 36.4 Å². The van der Waals surface area contributed by atoms with Gasteiger partial charge in [0.1, 0.15) is 5.75 Å². The smallest absolute Gasteiger partial charge is 0.344 e. The average Bonchev–Trinajstić information content (AvgIpc) is 2.63. The normalized spacial score (nSPS) is 13.0. The number of carbonyl (C=O) groups excluding carboxylic acids is 2. The lowest BCUT2D eigenvalue weighted by Gasteiger charge is -2.16. The van der Waals surface area contributed by atoms with Crippen molar-refractivity contribution in [1.82, 2.24) is 0 Å². The molecule has 26 heavy (non-hydrogen) atoms. The SMILES string of the molecule is Cc1cc(C)cc(OCC(=O)OCC(=O)c2ccc3c(c2)CCCC3)c1. The van der Waals surface area contributed by atoms with Crippen molar-refractivity contribution < 1.29 is 19.1 Å². The minimum atomic E-state index is -0.546. The molecule has 0 aromatic heterocycles. The van der Waals surface area contributed by atoms with Crippen molar-refractivity contribution in [3.8, 4) is 5.75 Å². The second-order valence-electron chi connectivity index (χ2n) is 6.89. The van der Waals surface area contributed by atoms with Gasteiger partial charge in [0.15, 0.2) is 19.0 Å². The van der Waals surface area contributed by atoms with Crippen LogP contribution in [0.25, 0.3) is 0 Å². The van der Waals surface area contributed by atoms with Crippen molar-refractivity contribution in [2.75, 3.05) is 13.2 Å². The lowest BCUT2D eigenvalue weighted by molar-refractivity contribution is -0.144. The van der Waals surface area contributed by atoms with Crippen molar-refractivity contribution in [1.29, 1.82) is 0 Å². The van der Waals surface area contributed by atoms with Gasteiger partial charge in [-0.05, 0) is 80.0 Å². The van der Waals surface area contributed by atoms with E-state index in [0.29, 0.717) is 11.3 Å². The maximum absolute atomic E-state index is 12.3.